The fourth-order valence-corrected chi connectivity index (χ4v) is 5.02. The first-order valence-corrected chi connectivity index (χ1v) is 7.65. The number of carbonyl (C=O) groups is 1. The van der Waals surface area contributed by atoms with Crippen LogP contribution < -0.4 is 29.3 Å². The molecule has 0 spiro atoms. The van der Waals surface area contributed by atoms with E-state index in [9.17, 15) is 4.79 Å². The van der Waals surface area contributed by atoms with Gasteiger partial charge < -0.3 is 29.3 Å². The number of nitrogens with two attached hydrogens (primary N) is 1. The van der Waals surface area contributed by atoms with Gasteiger partial charge in [0.1, 0.15) is 5.78 Å². The summed E-state index contributed by atoms with van der Waals surface area (Å²) in [5, 5.41) is 2.54. The lowest BCUT2D eigenvalue weighted by molar-refractivity contribution is -0.710. The molecule has 4 atom stereocenters. The Hall–Kier alpha value is -0.420. The van der Waals surface area contributed by atoms with Gasteiger partial charge in [0.25, 0.3) is 0 Å². The molecule has 2 bridgehead atoms. The molecule has 1 saturated carbocycles. The van der Waals surface area contributed by atoms with Gasteiger partial charge >= 0.3 is 0 Å². The zero-order valence-electron chi connectivity index (χ0n) is 11.9. The second-order valence-electron chi connectivity index (χ2n) is 6.84. The zero-order valence-corrected chi connectivity index (χ0v) is 14.1. The van der Waals surface area contributed by atoms with Crippen molar-refractivity contribution < 1.29 is 34.1 Å². The van der Waals surface area contributed by atoms with Crippen LogP contribution in [0.4, 0.5) is 0 Å². The van der Waals surface area contributed by atoms with Gasteiger partial charge in [-0.2, -0.15) is 0 Å². The molecule has 0 radical (unpaired) electrons. The summed E-state index contributed by atoms with van der Waals surface area (Å²) in [5.74, 6) is 1.48. The average molecular weight is 383 g/mol. The molecule has 3 heteroatoms. The largest absolute Gasteiger partial charge is 1.00 e. The number of hydrogen-bond acceptors (Lipinski definition) is 1. The molecule has 0 aromatic heterocycles. The predicted molar refractivity (Wildman–Crippen MR) is 73.9 cm³/mol. The minimum atomic E-state index is 0. The van der Waals surface area contributed by atoms with Gasteiger partial charge in [0.05, 0.1) is 12.6 Å². The van der Waals surface area contributed by atoms with Crippen LogP contribution in [0.15, 0.2) is 24.3 Å². The molecule has 4 rings (SSSR count). The summed E-state index contributed by atoms with van der Waals surface area (Å²) in [5.41, 5.74) is 3.18. The molecule has 1 heterocycles. The van der Waals surface area contributed by atoms with E-state index in [0.29, 0.717) is 17.7 Å². The number of hydrogen-bond donors (Lipinski definition) is 1. The second-order valence-corrected chi connectivity index (χ2v) is 6.84. The van der Waals surface area contributed by atoms with E-state index in [4.69, 9.17) is 0 Å². The molecule has 20 heavy (non-hydrogen) atoms. The number of halogens is 1. The van der Waals surface area contributed by atoms with Crippen molar-refractivity contribution in [2.45, 2.75) is 44.1 Å². The van der Waals surface area contributed by atoms with E-state index < -0.39 is 0 Å². The summed E-state index contributed by atoms with van der Waals surface area (Å²) in [7, 11) is 0. The summed E-state index contributed by atoms with van der Waals surface area (Å²) >= 11 is 0. The lowest BCUT2D eigenvalue weighted by Crippen LogP contribution is -3.00. The number of piperidine rings is 1. The molecule has 2 fully saturated rings. The van der Waals surface area contributed by atoms with E-state index in [-0.39, 0.29) is 35.3 Å². The maximum absolute atomic E-state index is 12.3. The minimum absolute atomic E-state index is 0. The van der Waals surface area contributed by atoms with Crippen LogP contribution in [0.25, 0.3) is 0 Å². The molecule has 2 nitrogen and oxygen atoms in total. The van der Waals surface area contributed by atoms with Gasteiger partial charge in [-0.05, 0) is 17.5 Å². The Labute approximate surface area is 137 Å². The monoisotopic (exact) mass is 383 g/mol. The maximum Gasteiger partial charge on any atom is 0.136 e. The van der Waals surface area contributed by atoms with Crippen molar-refractivity contribution in [3.63, 3.8) is 0 Å². The van der Waals surface area contributed by atoms with Crippen LogP contribution in [0, 0.1) is 11.8 Å². The van der Waals surface area contributed by atoms with E-state index >= 15 is 0 Å². The topological polar surface area (TPSA) is 33.7 Å². The van der Waals surface area contributed by atoms with Crippen molar-refractivity contribution >= 4 is 5.78 Å². The Morgan fingerprint density at radius 1 is 1.30 bits per heavy atom. The first kappa shape index (κ1) is 14.5. The number of ketones is 1. The van der Waals surface area contributed by atoms with Crippen molar-refractivity contribution in [3.8, 4) is 0 Å². The van der Waals surface area contributed by atoms with Gasteiger partial charge in [0, 0.05) is 36.5 Å². The third kappa shape index (κ3) is 1.89. The molecule has 1 aromatic carbocycles. The molecule has 0 amide bonds. The van der Waals surface area contributed by atoms with E-state index in [1.54, 1.807) is 0 Å². The summed E-state index contributed by atoms with van der Waals surface area (Å²) in [6.07, 6.45) is 4.28. The lowest BCUT2D eigenvalue weighted by atomic mass is 9.51. The Balaban J connectivity index is 0.00000121. The Kier molecular flexibility index (Phi) is 3.70. The minimum Gasteiger partial charge on any atom is -1.00 e. The highest BCUT2D eigenvalue weighted by Crippen LogP contribution is 2.52. The van der Waals surface area contributed by atoms with Gasteiger partial charge in [-0.25, -0.2) is 0 Å². The molecule has 1 unspecified atom stereocenters. The van der Waals surface area contributed by atoms with Gasteiger partial charge in [0.15, 0.2) is 0 Å². The van der Waals surface area contributed by atoms with Crippen molar-refractivity contribution in [2.75, 3.05) is 6.54 Å². The summed E-state index contributed by atoms with van der Waals surface area (Å²) in [6.45, 7) is 3.32. The summed E-state index contributed by atoms with van der Waals surface area (Å²) < 4.78 is 0. The van der Waals surface area contributed by atoms with E-state index in [2.05, 4.69) is 36.5 Å². The van der Waals surface area contributed by atoms with Crippen LogP contribution in [0.1, 0.15) is 37.3 Å². The molecule has 2 aliphatic carbocycles. The molecule has 1 saturated heterocycles. The first-order valence-electron chi connectivity index (χ1n) is 7.65. The first-order chi connectivity index (χ1) is 9.21. The SMILES string of the molecule is CC1C[C@H]2[C@H]3Cc4ccccc4[C@@]2(CC[NH2+]3)CC1=O.[I-]. The highest BCUT2D eigenvalue weighted by atomic mass is 127. The van der Waals surface area contributed by atoms with Gasteiger partial charge in [0.2, 0.25) is 0 Å². The van der Waals surface area contributed by atoms with Crippen LogP contribution in [0.3, 0.4) is 0 Å². The average Bonchev–Trinajstić information content (AvgIpc) is 2.40. The molecule has 108 valence electrons. The molecular weight excluding hydrogens is 361 g/mol. The molecule has 3 aliphatic rings. The highest BCUT2D eigenvalue weighted by molar-refractivity contribution is 5.83. The van der Waals surface area contributed by atoms with Crippen LogP contribution >= 0.6 is 0 Å². The molecule has 1 aromatic rings. The van der Waals surface area contributed by atoms with E-state index in [1.165, 1.54) is 30.5 Å². The number of fused-ring (bicyclic) bond motifs is 1. The van der Waals surface area contributed by atoms with Crippen molar-refractivity contribution in [2.24, 2.45) is 11.8 Å². The van der Waals surface area contributed by atoms with Crippen LogP contribution in [-0.4, -0.2) is 18.4 Å². The molecular formula is C17H22INO. The Morgan fingerprint density at radius 2 is 2.10 bits per heavy atom. The number of quaternary nitrogens is 1. The lowest BCUT2D eigenvalue weighted by Gasteiger charge is -2.54. The smallest absolute Gasteiger partial charge is 0.136 e. The highest BCUT2D eigenvalue weighted by Gasteiger charge is 2.56. The maximum atomic E-state index is 12.3. The summed E-state index contributed by atoms with van der Waals surface area (Å²) in [4.78, 5) is 12.3. The Bertz CT molecular complexity index is 544. The molecule has 1 aliphatic heterocycles. The number of Topliss-reactive ketones (excluding diaryl/α,β-unsaturated/α-hetero) is 1. The second kappa shape index (κ2) is 5.09. The number of rotatable bonds is 0. The zero-order chi connectivity index (χ0) is 13.0. The van der Waals surface area contributed by atoms with Crippen molar-refractivity contribution in [3.05, 3.63) is 35.4 Å². The Morgan fingerprint density at radius 3 is 2.95 bits per heavy atom. The van der Waals surface area contributed by atoms with Crippen LogP contribution in [-0.2, 0) is 16.6 Å². The quantitative estimate of drug-likeness (QED) is 0.540. The van der Waals surface area contributed by atoms with E-state index in [1.807, 2.05) is 0 Å². The fourth-order valence-electron chi connectivity index (χ4n) is 5.02. The summed E-state index contributed by atoms with van der Waals surface area (Å²) in [6, 6.07) is 9.60. The number of carbonyl (C=O) groups excluding carboxylic acids is 1. The van der Waals surface area contributed by atoms with Gasteiger partial charge in [-0.3, -0.25) is 4.79 Å². The number of benzene rings is 1. The van der Waals surface area contributed by atoms with Crippen LogP contribution in [0.5, 0.6) is 0 Å². The van der Waals surface area contributed by atoms with Crippen LogP contribution in [0.2, 0.25) is 0 Å². The molecule has 2 N–H and O–H groups in total. The van der Waals surface area contributed by atoms with Crippen molar-refractivity contribution in [1.82, 2.24) is 0 Å². The standard InChI is InChI=1S/C17H21NO.HI/c1-11-8-14-15-9-12-4-2-3-5-13(12)17(14,6-7-18-15)10-16(11)19;/h2-5,11,14-15,18H,6-10H2,1H3;1H/t11?,14-,15+,17+;/m0./s1. The fraction of sp³-hybridized carbons (Fsp3) is 0.588. The predicted octanol–water partition coefficient (Wildman–Crippen LogP) is -1.56. The van der Waals surface area contributed by atoms with Crippen molar-refractivity contribution in [1.29, 1.82) is 0 Å². The van der Waals surface area contributed by atoms with Gasteiger partial charge in [-0.1, -0.05) is 31.2 Å². The van der Waals surface area contributed by atoms with Gasteiger partial charge in [-0.15, -0.1) is 0 Å². The third-order valence-corrected chi connectivity index (χ3v) is 5.94. The normalized spacial score (nSPS) is 38.5. The van der Waals surface area contributed by atoms with E-state index in [0.717, 1.165) is 12.8 Å². The third-order valence-electron chi connectivity index (χ3n) is 5.94.